The van der Waals surface area contributed by atoms with Gasteiger partial charge in [0, 0.05) is 6.92 Å². The number of aryl methyl sites for hydroxylation is 1. The molecule has 0 saturated heterocycles. The molecule has 0 radical (unpaired) electrons. The molecular formula is C7H8F3N3O. The molecule has 0 aromatic carbocycles. The molecule has 0 bridgehead atoms. The Hall–Kier alpha value is -1.53. The van der Waals surface area contributed by atoms with Crippen molar-refractivity contribution < 1.29 is 18.0 Å². The van der Waals surface area contributed by atoms with Gasteiger partial charge in [0.15, 0.2) is 5.69 Å². The average Bonchev–Trinajstić information content (AvgIpc) is 2.30. The number of hydrogen-bond acceptors (Lipinski definition) is 2. The lowest BCUT2D eigenvalue weighted by Crippen LogP contribution is -2.22. The Labute approximate surface area is 77.7 Å². The Balaban J connectivity index is 2.99. The molecule has 1 heterocycles. The highest BCUT2D eigenvalue weighted by molar-refractivity contribution is 5.80. The zero-order chi connectivity index (χ0) is 10.9. The van der Waals surface area contributed by atoms with Crippen LogP contribution in [-0.4, -0.2) is 15.8 Å². The van der Waals surface area contributed by atoms with E-state index in [1.807, 2.05) is 0 Å². The maximum atomic E-state index is 12.1. The number of hydrogen-bond donors (Lipinski definition) is 1. The Morgan fingerprint density at radius 1 is 1.57 bits per heavy atom. The van der Waals surface area contributed by atoms with E-state index in [0.717, 1.165) is 10.9 Å². The first-order valence-electron chi connectivity index (χ1n) is 3.72. The van der Waals surface area contributed by atoms with Gasteiger partial charge in [-0.25, -0.2) is 5.43 Å². The summed E-state index contributed by atoms with van der Waals surface area (Å²) < 4.78 is 36.4. The van der Waals surface area contributed by atoms with E-state index in [0.29, 0.717) is 0 Å². The summed E-state index contributed by atoms with van der Waals surface area (Å²) in [6.45, 7) is 2.60. The molecule has 4 nitrogen and oxygen atoms in total. The molecule has 0 fully saturated rings. The van der Waals surface area contributed by atoms with Gasteiger partial charge in [-0.3, -0.25) is 4.79 Å². The molecule has 0 unspecified atom stereocenters. The molecule has 7 heteroatoms. The maximum Gasteiger partial charge on any atom is 0.435 e. The Bertz CT molecular complexity index is 356. The van der Waals surface area contributed by atoms with E-state index in [1.165, 1.54) is 13.8 Å². The van der Waals surface area contributed by atoms with Crippen molar-refractivity contribution in [1.29, 1.82) is 0 Å². The van der Waals surface area contributed by atoms with E-state index < -0.39 is 17.8 Å². The highest BCUT2D eigenvalue weighted by Crippen LogP contribution is 2.27. The van der Waals surface area contributed by atoms with Gasteiger partial charge in [0.25, 0.3) is 0 Å². The minimum absolute atomic E-state index is 0.215. The minimum atomic E-state index is -4.49. The number of carbonyl (C=O) groups is 1. The first kappa shape index (κ1) is 10.6. The van der Waals surface area contributed by atoms with Gasteiger partial charge in [-0.15, -0.1) is 5.10 Å². The molecule has 1 aromatic rings. The van der Waals surface area contributed by atoms with E-state index in [9.17, 15) is 18.0 Å². The van der Waals surface area contributed by atoms with E-state index in [-0.39, 0.29) is 5.69 Å². The Morgan fingerprint density at radius 2 is 2.14 bits per heavy atom. The molecular weight excluding hydrogens is 199 g/mol. The second-order valence-corrected chi connectivity index (χ2v) is 2.75. The van der Waals surface area contributed by atoms with Crippen LogP contribution in [0.2, 0.25) is 0 Å². The Morgan fingerprint density at radius 3 is 2.50 bits per heavy atom. The summed E-state index contributed by atoms with van der Waals surface area (Å²) in [5, 5.41) is 3.18. The van der Waals surface area contributed by atoms with E-state index in [4.69, 9.17) is 0 Å². The van der Waals surface area contributed by atoms with Gasteiger partial charge in [0.1, 0.15) is 0 Å². The van der Waals surface area contributed by atoms with Gasteiger partial charge in [0.05, 0.1) is 5.69 Å². The Kier molecular flexibility index (Phi) is 2.50. The van der Waals surface area contributed by atoms with Crippen molar-refractivity contribution in [3.05, 3.63) is 17.5 Å². The third-order valence-corrected chi connectivity index (χ3v) is 1.44. The number of amides is 1. The summed E-state index contributed by atoms with van der Waals surface area (Å²) in [7, 11) is 0. The number of halogens is 3. The number of alkyl halides is 3. The van der Waals surface area contributed by atoms with Crippen LogP contribution in [0.25, 0.3) is 0 Å². The second-order valence-electron chi connectivity index (χ2n) is 2.75. The van der Waals surface area contributed by atoms with Crippen molar-refractivity contribution in [2.75, 3.05) is 5.43 Å². The standard InChI is InChI=1S/C7H8F3N3O/c1-4-3-6(7(8,9)10)12-13(4)11-5(2)14/h3H,1-2H3,(H,11,14). The van der Waals surface area contributed by atoms with Gasteiger partial charge >= 0.3 is 6.18 Å². The predicted octanol–water partition coefficient (Wildman–Crippen LogP) is 1.30. The van der Waals surface area contributed by atoms with Gasteiger partial charge in [-0.2, -0.15) is 18.0 Å². The lowest BCUT2D eigenvalue weighted by Gasteiger charge is -2.03. The van der Waals surface area contributed by atoms with E-state index >= 15 is 0 Å². The number of nitrogens with zero attached hydrogens (tertiary/aromatic N) is 2. The van der Waals surface area contributed by atoms with Crippen LogP contribution in [0.4, 0.5) is 13.2 Å². The fourth-order valence-electron chi connectivity index (χ4n) is 0.875. The molecule has 14 heavy (non-hydrogen) atoms. The molecule has 0 saturated carbocycles. The van der Waals surface area contributed by atoms with E-state index in [2.05, 4.69) is 10.5 Å². The van der Waals surface area contributed by atoms with Gasteiger partial charge in [-0.1, -0.05) is 0 Å². The van der Waals surface area contributed by atoms with Crippen LogP contribution < -0.4 is 5.43 Å². The van der Waals surface area contributed by atoms with Crippen molar-refractivity contribution in [2.24, 2.45) is 0 Å². The lowest BCUT2D eigenvalue weighted by atomic mass is 10.4. The fraction of sp³-hybridized carbons (Fsp3) is 0.429. The van der Waals surface area contributed by atoms with Crippen LogP contribution >= 0.6 is 0 Å². The molecule has 0 spiro atoms. The monoisotopic (exact) mass is 207 g/mol. The quantitative estimate of drug-likeness (QED) is 0.754. The summed E-state index contributed by atoms with van der Waals surface area (Å²) in [5.74, 6) is -0.482. The molecule has 0 aliphatic rings. The molecule has 0 atom stereocenters. The zero-order valence-corrected chi connectivity index (χ0v) is 7.51. The summed E-state index contributed by atoms with van der Waals surface area (Å²) >= 11 is 0. The van der Waals surface area contributed by atoms with Gasteiger partial charge in [-0.05, 0) is 13.0 Å². The van der Waals surface area contributed by atoms with Crippen LogP contribution in [0.5, 0.6) is 0 Å². The third-order valence-electron chi connectivity index (χ3n) is 1.44. The van der Waals surface area contributed by atoms with Crippen molar-refractivity contribution in [1.82, 2.24) is 9.89 Å². The fourth-order valence-corrected chi connectivity index (χ4v) is 0.875. The van der Waals surface area contributed by atoms with Crippen molar-refractivity contribution in [2.45, 2.75) is 20.0 Å². The predicted molar refractivity (Wildman–Crippen MR) is 42.0 cm³/mol. The second kappa shape index (κ2) is 3.32. The van der Waals surface area contributed by atoms with Crippen LogP contribution in [-0.2, 0) is 11.0 Å². The highest BCUT2D eigenvalue weighted by atomic mass is 19.4. The lowest BCUT2D eigenvalue weighted by molar-refractivity contribution is -0.141. The molecule has 0 aliphatic carbocycles. The van der Waals surface area contributed by atoms with Crippen LogP contribution in [0, 0.1) is 6.92 Å². The molecule has 1 rings (SSSR count). The van der Waals surface area contributed by atoms with Gasteiger partial charge in [0.2, 0.25) is 5.91 Å². The van der Waals surface area contributed by atoms with Crippen molar-refractivity contribution >= 4 is 5.91 Å². The van der Waals surface area contributed by atoms with Crippen LogP contribution in [0.3, 0.4) is 0 Å². The summed E-state index contributed by atoms with van der Waals surface area (Å²) in [6, 6.07) is 0.857. The van der Waals surface area contributed by atoms with Gasteiger partial charge < -0.3 is 0 Å². The number of rotatable bonds is 1. The van der Waals surface area contributed by atoms with Crippen LogP contribution in [0.1, 0.15) is 18.3 Å². The van der Waals surface area contributed by atoms with Crippen molar-refractivity contribution in [3.8, 4) is 0 Å². The smallest absolute Gasteiger partial charge is 0.274 e. The summed E-state index contributed by atoms with van der Waals surface area (Å²) in [6.07, 6.45) is -4.49. The maximum absolute atomic E-state index is 12.1. The third kappa shape index (κ3) is 2.24. The average molecular weight is 207 g/mol. The SMILES string of the molecule is CC(=O)Nn1nc(C(F)(F)F)cc1C. The topological polar surface area (TPSA) is 46.9 Å². The zero-order valence-electron chi connectivity index (χ0n) is 7.51. The normalized spacial score (nSPS) is 11.5. The molecule has 1 aromatic heterocycles. The highest BCUT2D eigenvalue weighted by Gasteiger charge is 2.34. The van der Waals surface area contributed by atoms with Crippen molar-refractivity contribution in [3.63, 3.8) is 0 Å². The molecule has 78 valence electrons. The first-order valence-corrected chi connectivity index (χ1v) is 3.72. The number of carbonyl (C=O) groups excluding carboxylic acids is 1. The summed E-state index contributed by atoms with van der Waals surface area (Å²) in [4.78, 5) is 11.4. The largest absolute Gasteiger partial charge is 0.435 e. The number of nitrogens with one attached hydrogen (secondary N) is 1. The molecule has 1 N–H and O–H groups in total. The minimum Gasteiger partial charge on any atom is -0.274 e. The van der Waals surface area contributed by atoms with Crippen LogP contribution in [0.15, 0.2) is 6.07 Å². The summed E-state index contributed by atoms with van der Waals surface area (Å²) in [5.41, 5.74) is 1.32. The number of aromatic nitrogens is 2. The molecule has 1 amide bonds. The molecule has 0 aliphatic heterocycles. The first-order chi connectivity index (χ1) is 6.30. The van der Waals surface area contributed by atoms with E-state index in [1.54, 1.807) is 0 Å².